The molecule has 27 heavy (non-hydrogen) atoms. The summed E-state index contributed by atoms with van der Waals surface area (Å²) in [5.74, 6) is -3.87. The zero-order chi connectivity index (χ0) is 21.4. The van der Waals surface area contributed by atoms with Crippen LogP contribution in [0.25, 0.3) is 0 Å². The molecule has 1 rings (SSSR count). The Morgan fingerprint density at radius 2 is 1.56 bits per heavy atom. The van der Waals surface area contributed by atoms with E-state index in [1.165, 1.54) is 0 Å². The predicted octanol–water partition coefficient (Wildman–Crippen LogP) is 2.42. The Bertz CT molecular complexity index is 654. The number of anilines is 1. The van der Waals surface area contributed by atoms with Crippen molar-refractivity contribution in [1.29, 1.82) is 0 Å². The Hall–Kier alpha value is -2.98. The number of carbonyl (C=O) groups is 3. The van der Waals surface area contributed by atoms with Crippen LogP contribution in [0.15, 0.2) is 24.3 Å². The summed E-state index contributed by atoms with van der Waals surface area (Å²) in [5, 5.41) is 18.6. The van der Waals surface area contributed by atoms with E-state index < -0.39 is 35.9 Å². The standard InChI is InChI=1S/C14H20N2O4.C2HF3O2/c1-14(2,3)20-13(19)16-11(12(17)18)8-9-4-6-10(15)7-5-9;3-2(4,5)1(6)7/h4-7,11H,8,15H2,1-3H3,(H,16,19)(H,17,18);(H,6,7)/t11-;/m1./s1. The normalized spacial score (nSPS) is 12.2. The molecule has 0 aliphatic carbocycles. The second-order valence-electron chi connectivity index (χ2n) is 6.29. The number of carboxylic acids is 2. The van der Waals surface area contributed by atoms with Gasteiger partial charge < -0.3 is 26.0 Å². The van der Waals surface area contributed by atoms with E-state index in [9.17, 15) is 22.8 Å². The number of ether oxygens (including phenoxy) is 1. The number of hydrogen-bond donors (Lipinski definition) is 4. The van der Waals surface area contributed by atoms with Crippen LogP contribution in [0.2, 0.25) is 0 Å². The molecule has 1 aromatic rings. The number of alkyl carbamates (subject to hydrolysis) is 1. The minimum atomic E-state index is -5.08. The number of hydrogen-bond acceptors (Lipinski definition) is 5. The Balaban J connectivity index is 0.000000821. The van der Waals surface area contributed by atoms with Crippen molar-refractivity contribution in [3.05, 3.63) is 29.8 Å². The zero-order valence-corrected chi connectivity index (χ0v) is 14.8. The Morgan fingerprint density at radius 1 is 1.11 bits per heavy atom. The molecule has 1 aromatic carbocycles. The van der Waals surface area contributed by atoms with Gasteiger partial charge in [0.05, 0.1) is 0 Å². The van der Waals surface area contributed by atoms with Gasteiger partial charge in [0.15, 0.2) is 0 Å². The molecule has 5 N–H and O–H groups in total. The van der Waals surface area contributed by atoms with E-state index in [1.54, 1.807) is 45.0 Å². The van der Waals surface area contributed by atoms with Crippen LogP contribution < -0.4 is 11.1 Å². The molecule has 0 heterocycles. The highest BCUT2D eigenvalue weighted by molar-refractivity contribution is 5.80. The first-order valence-electron chi connectivity index (χ1n) is 7.48. The molecule has 0 aliphatic heterocycles. The molecule has 0 saturated carbocycles. The first kappa shape index (κ1) is 24.0. The predicted molar refractivity (Wildman–Crippen MR) is 89.0 cm³/mol. The second-order valence-corrected chi connectivity index (χ2v) is 6.29. The molecular weight excluding hydrogens is 373 g/mol. The molecule has 0 radical (unpaired) electrons. The Labute approximate surface area is 153 Å². The molecule has 11 heteroatoms. The average Bonchev–Trinajstić information content (AvgIpc) is 2.46. The van der Waals surface area contributed by atoms with Crippen molar-refractivity contribution in [2.24, 2.45) is 0 Å². The van der Waals surface area contributed by atoms with E-state index in [2.05, 4.69) is 5.32 Å². The van der Waals surface area contributed by atoms with Gasteiger partial charge in [0.1, 0.15) is 11.6 Å². The summed E-state index contributed by atoms with van der Waals surface area (Å²) in [7, 11) is 0. The topological polar surface area (TPSA) is 139 Å². The highest BCUT2D eigenvalue weighted by atomic mass is 19.4. The van der Waals surface area contributed by atoms with Gasteiger partial charge in [-0.25, -0.2) is 14.4 Å². The van der Waals surface area contributed by atoms with Gasteiger partial charge in [-0.2, -0.15) is 13.2 Å². The Kier molecular flexibility index (Phi) is 8.58. The van der Waals surface area contributed by atoms with Crippen molar-refractivity contribution in [2.75, 3.05) is 5.73 Å². The molecule has 0 aromatic heterocycles. The monoisotopic (exact) mass is 394 g/mol. The number of halogens is 3. The molecular formula is C16H21F3N2O6. The average molecular weight is 394 g/mol. The van der Waals surface area contributed by atoms with Crippen LogP contribution in [0.5, 0.6) is 0 Å². The van der Waals surface area contributed by atoms with E-state index >= 15 is 0 Å². The van der Waals surface area contributed by atoms with Gasteiger partial charge in [-0.15, -0.1) is 0 Å². The number of carboxylic acid groups (broad SMARTS) is 2. The fraction of sp³-hybridized carbons (Fsp3) is 0.438. The highest BCUT2D eigenvalue weighted by Crippen LogP contribution is 2.13. The number of nitrogen functional groups attached to an aromatic ring is 1. The summed E-state index contributed by atoms with van der Waals surface area (Å²) in [6.07, 6.45) is -5.67. The number of alkyl halides is 3. The van der Waals surface area contributed by atoms with Crippen LogP contribution in [0, 0.1) is 0 Å². The van der Waals surface area contributed by atoms with Gasteiger partial charge >= 0.3 is 24.2 Å². The minimum absolute atomic E-state index is 0.162. The van der Waals surface area contributed by atoms with Crippen molar-refractivity contribution in [3.8, 4) is 0 Å². The lowest BCUT2D eigenvalue weighted by molar-refractivity contribution is -0.192. The summed E-state index contributed by atoms with van der Waals surface area (Å²) < 4.78 is 36.8. The summed E-state index contributed by atoms with van der Waals surface area (Å²) in [6, 6.07) is 5.77. The third kappa shape index (κ3) is 11.3. The van der Waals surface area contributed by atoms with Crippen LogP contribution >= 0.6 is 0 Å². The SMILES string of the molecule is CC(C)(C)OC(=O)N[C@H](Cc1ccc(N)cc1)C(=O)O.O=C(O)C(F)(F)F. The highest BCUT2D eigenvalue weighted by Gasteiger charge is 2.38. The molecule has 1 amide bonds. The number of carbonyl (C=O) groups excluding carboxylic acids is 1. The van der Waals surface area contributed by atoms with Crippen LogP contribution in [-0.2, 0) is 20.7 Å². The fourth-order valence-corrected chi connectivity index (χ4v) is 1.54. The fourth-order valence-electron chi connectivity index (χ4n) is 1.54. The lowest BCUT2D eigenvalue weighted by Crippen LogP contribution is -2.44. The number of amides is 1. The molecule has 0 aliphatic rings. The molecule has 8 nitrogen and oxygen atoms in total. The van der Waals surface area contributed by atoms with Crippen molar-refractivity contribution in [3.63, 3.8) is 0 Å². The number of benzene rings is 1. The second kappa shape index (κ2) is 9.64. The van der Waals surface area contributed by atoms with E-state index in [0.29, 0.717) is 5.69 Å². The molecule has 152 valence electrons. The van der Waals surface area contributed by atoms with Crippen molar-refractivity contribution in [1.82, 2.24) is 5.32 Å². The third-order valence-electron chi connectivity index (χ3n) is 2.65. The quantitative estimate of drug-likeness (QED) is 0.575. The number of nitrogens with two attached hydrogens (primary N) is 1. The van der Waals surface area contributed by atoms with Gasteiger partial charge in [0, 0.05) is 12.1 Å². The molecule has 0 spiro atoms. The maximum Gasteiger partial charge on any atom is 0.490 e. The third-order valence-corrected chi connectivity index (χ3v) is 2.65. The molecule has 0 fully saturated rings. The van der Waals surface area contributed by atoms with Crippen LogP contribution in [0.3, 0.4) is 0 Å². The molecule has 1 atom stereocenters. The maximum absolute atomic E-state index is 11.6. The van der Waals surface area contributed by atoms with Gasteiger partial charge in [-0.1, -0.05) is 12.1 Å². The molecule has 0 saturated heterocycles. The molecule has 0 unspecified atom stereocenters. The summed E-state index contributed by atoms with van der Waals surface area (Å²) in [6.45, 7) is 5.13. The smallest absolute Gasteiger partial charge is 0.480 e. The van der Waals surface area contributed by atoms with E-state index in [-0.39, 0.29) is 6.42 Å². The van der Waals surface area contributed by atoms with Gasteiger partial charge in [-0.05, 0) is 38.5 Å². The largest absolute Gasteiger partial charge is 0.490 e. The zero-order valence-electron chi connectivity index (χ0n) is 14.8. The summed E-state index contributed by atoms with van der Waals surface area (Å²) >= 11 is 0. The van der Waals surface area contributed by atoms with Gasteiger partial charge in [-0.3, -0.25) is 0 Å². The first-order chi connectivity index (χ1) is 12.1. The van der Waals surface area contributed by atoms with Crippen LogP contribution in [0.1, 0.15) is 26.3 Å². The van der Waals surface area contributed by atoms with Crippen molar-refractivity contribution >= 4 is 23.7 Å². The van der Waals surface area contributed by atoms with Gasteiger partial charge in [0.2, 0.25) is 0 Å². The van der Waals surface area contributed by atoms with Crippen molar-refractivity contribution in [2.45, 2.75) is 45.0 Å². The van der Waals surface area contributed by atoms with E-state index in [0.717, 1.165) is 5.56 Å². The van der Waals surface area contributed by atoms with E-state index in [1.807, 2.05) is 0 Å². The maximum atomic E-state index is 11.6. The number of aliphatic carboxylic acids is 2. The minimum Gasteiger partial charge on any atom is -0.480 e. The number of nitrogens with one attached hydrogen (secondary N) is 1. The summed E-state index contributed by atoms with van der Waals surface area (Å²) in [4.78, 5) is 31.7. The molecule has 0 bridgehead atoms. The van der Waals surface area contributed by atoms with Crippen LogP contribution in [-0.4, -0.2) is 46.1 Å². The van der Waals surface area contributed by atoms with Crippen LogP contribution in [0.4, 0.5) is 23.7 Å². The van der Waals surface area contributed by atoms with E-state index in [4.69, 9.17) is 25.5 Å². The number of rotatable bonds is 4. The lowest BCUT2D eigenvalue weighted by Gasteiger charge is -2.22. The summed E-state index contributed by atoms with van der Waals surface area (Å²) in [5.41, 5.74) is 6.25. The first-order valence-corrected chi connectivity index (χ1v) is 7.48. The Morgan fingerprint density at radius 3 is 1.89 bits per heavy atom. The lowest BCUT2D eigenvalue weighted by atomic mass is 10.1. The van der Waals surface area contributed by atoms with Crippen molar-refractivity contribution < 1.29 is 42.5 Å². The van der Waals surface area contributed by atoms with Gasteiger partial charge in [0.25, 0.3) is 0 Å².